The third-order valence-electron chi connectivity index (χ3n) is 13.6. The van der Waals surface area contributed by atoms with Gasteiger partial charge in [0.2, 0.25) is 0 Å². The summed E-state index contributed by atoms with van der Waals surface area (Å²) in [5.74, 6) is 1.69. The van der Waals surface area contributed by atoms with Gasteiger partial charge in [-0.2, -0.15) is 0 Å². The molecule has 0 saturated carbocycles. The first-order chi connectivity index (χ1) is 32.2. The van der Waals surface area contributed by atoms with Crippen molar-refractivity contribution < 1.29 is 9.15 Å². The first-order valence-corrected chi connectivity index (χ1v) is 22.9. The predicted molar refractivity (Wildman–Crippen MR) is 277 cm³/mol. The Bertz CT molecular complexity index is 3450. The maximum atomic E-state index is 7.31. The lowest BCUT2D eigenvalue weighted by atomic mass is 9.34. The molecule has 2 aliphatic rings. The molecule has 3 heterocycles. The van der Waals surface area contributed by atoms with Crippen LogP contribution < -0.4 is 35.8 Å². The number of anilines is 9. The van der Waals surface area contributed by atoms with Crippen molar-refractivity contribution in [3.05, 3.63) is 215 Å². The molecule has 0 bridgehead atoms. The quantitative estimate of drug-likeness (QED) is 0.149. The van der Waals surface area contributed by atoms with E-state index in [9.17, 15) is 0 Å². The standard InChI is InChI=1S/C60H48BN3O2/c1-37-19-25-43(26-20-37)62(44-27-21-38(2)22-28-44)51-36-53-59(60-57(51)47-15-9-12-18-54(47)66-60)61-48-32-31-46(64(49-16-10-7-13-41(49)5)50-17-11-8-14-42(50)6)35-55(48)65-56-34-40(4)33-52(58(56)61)63(53)45-29-23-39(3)24-30-45/h7-36H,1-6H3. The van der Waals surface area contributed by atoms with Gasteiger partial charge in [0, 0.05) is 57.0 Å². The third-order valence-corrected chi connectivity index (χ3v) is 13.6. The molecule has 6 heteroatoms. The average Bonchev–Trinajstić information content (AvgIpc) is 3.72. The van der Waals surface area contributed by atoms with Gasteiger partial charge in [0.25, 0.3) is 6.71 Å². The summed E-state index contributed by atoms with van der Waals surface area (Å²) in [4.78, 5) is 7.22. The van der Waals surface area contributed by atoms with Crippen LogP contribution in [0.1, 0.15) is 33.4 Å². The Labute approximate surface area is 386 Å². The summed E-state index contributed by atoms with van der Waals surface area (Å²) in [6, 6.07) is 66.1. The Hall–Kier alpha value is -7.96. The summed E-state index contributed by atoms with van der Waals surface area (Å²) in [6.07, 6.45) is 0. The van der Waals surface area contributed by atoms with Crippen LogP contribution in [0.3, 0.4) is 0 Å². The summed E-state index contributed by atoms with van der Waals surface area (Å²) in [6.45, 7) is 12.8. The van der Waals surface area contributed by atoms with Crippen molar-refractivity contribution in [1.29, 1.82) is 0 Å². The number of benzene rings is 9. The van der Waals surface area contributed by atoms with Crippen molar-refractivity contribution in [1.82, 2.24) is 0 Å². The number of hydrogen-bond acceptors (Lipinski definition) is 5. The SMILES string of the molecule is Cc1ccc(N2c3cc(C)cc4c3B(c3ccc(N(c5ccccc5C)c5ccccc5C)cc3O4)c3c2cc(N(c2ccc(C)cc2)c2ccc(C)cc2)c2c3oc3ccccc32)cc1. The highest BCUT2D eigenvalue weighted by Gasteiger charge is 2.45. The number of nitrogens with zero attached hydrogens (tertiary/aromatic N) is 3. The van der Waals surface area contributed by atoms with Crippen molar-refractivity contribution in [3.63, 3.8) is 0 Å². The topological polar surface area (TPSA) is 32.1 Å². The molecule has 12 rings (SSSR count). The molecule has 318 valence electrons. The van der Waals surface area contributed by atoms with E-state index >= 15 is 0 Å². The fourth-order valence-corrected chi connectivity index (χ4v) is 10.3. The van der Waals surface area contributed by atoms with Crippen LogP contribution in [0.5, 0.6) is 11.5 Å². The van der Waals surface area contributed by atoms with Crippen molar-refractivity contribution in [3.8, 4) is 11.5 Å². The number of aryl methyl sites for hydroxylation is 6. The van der Waals surface area contributed by atoms with E-state index in [1.165, 1.54) is 27.8 Å². The molecule has 66 heavy (non-hydrogen) atoms. The molecule has 0 unspecified atom stereocenters. The first-order valence-electron chi connectivity index (χ1n) is 22.9. The zero-order valence-electron chi connectivity index (χ0n) is 38.1. The first kappa shape index (κ1) is 39.6. The Kier molecular flexibility index (Phi) is 9.21. The minimum atomic E-state index is -0.209. The van der Waals surface area contributed by atoms with Crippen LogP contribution in [-0.4, -0.2) is 6.71 Å². The highest BCUT2D eigenvalue weighted by Crippen LogP contribution is 2.50. The fourth-order valence-electron chi connectivity index (χ4n) is 10.3. The third kappa shape index (κ3) is 6.31. The number of fused-ring (bicyclic) bond motifs is 8. The van der Waals surface area contributed by atoms with Crippen LogP contribution >= 0.6 is 0 Å². The van der Waals surface area contributed by atoms with E-state index in [-0.39, 0.29) is 6.71 Å². The van der Waals surface area contributed by atoms with Crippen LogP contribution in [0.4, 0.5) is 51.2 Å². The lowest BCUT2D eigenvalue weighted by Crippen LogP contribution is -2.59. The van der Waals surface area contributed by atoms with Gasteiger partial charge in [-0.05, 0) is 153 Å². The zero-order chi connectivity index (χ0) is 44.8. The van der Waals surface area contributed by atoms with Gasteiger partial charge in [-0.15, -0.1) is 0 Å². The average molecular weight is 854 g/mol. The number of para-hydroxylation sites is 3. The molecule has 1 aromatic heterocycles. The largest absolute Gasteiger partial charge is 0.458 e. The molecule has 0 aliphatic carbocycles. The van der Waals surface area contributed by atoms with Crippen molar-refractivity contribution in [2.45, 2.75) is 41.5 Å². The zero-order valence-corrected chi connectivity index (χ0v) is 38.1. The normalized spacial score (nSPS) is 12.5. The van der Waals surface area contributed by atoms with E-state index in [1.54, 1.807) is 0 Å². The lowest BCUT2D eigenvalue weighted by Gasteiger charge is -2.41. The summed E-state index contributed by atoms with van der Waals surface area (Å²) in [5, 5.41) is 2.14. The van der Waals surface area contributed by atoms with Gasteiger partial charge < -0.3 is 23.9 Å². The molecule has 9 aromatic carbocycles. The number of ether oxygens (including phenoxy) is 1. The number of rotatable bonds is 7. The highest BCUT2D eigenvalue weighted by molar-refractivity contribution is 7.00. The van der Waals surface area contributed by atoms with Crippen molar-refractivity contribution in [2.24, 2.45) is 0 Å². The highest BCUT2D eigenvalue weighted by atomic mass is 16.5. The Morgan fingerprint density at radius 3 is 1.64 bits per heavy atom. The van der Waals surface area contributed by atoms with Crippen LogP contribution in [0.15, 0.2) is 186 Å². The Morgan fingerprint density at radius 2 is 1.00 bits per heavy atom. The molecule has 5 nitrogen and oxygen atoms in total. The second-order valence-corrected chi connectivity index (χ2v) is 18.2. The lowest BCUT2D eigenvalue weighted by molar-refractivity contribution is 0.487. The second-order valence-electron chi connectivity index (χ2n) is 18.2. The summed E-state index contributed by atoms with van der Waals surface area (Å²) in [5.41, 5.74) is 21.9. The summed E-state index contributed by atoms with van der Waals surface area (Å²) >= 11 is 0. The van der Waals surface area contributed by atoms with Crippen LogP contribution in [-0.2, 0) is 0 Å². The van der Waals surface area contributed by atoms with Gasteiger partial charge in [0.15, 0.2) is 0 Å². The number of furan rings is 1. The van der Waals surface area contributed by atoms with E-state index in [0.29, 0.717) is 0 Å². The van der Waals surface area contributed by atoms with Crippen molar-refractivity contribution in [2.75, 3.05) is 14.7 Å². The summed E-state index contributed by atoms with van der Waals surface area (Å²) < 4.78 is 14.5. The molecule has 10 aromatic rings. The molecule has 0 radical (unpaired) electrons. The van der Waals surface area contributed by atoms with E-state index in [4.69, 9.17) is 9.15 Å². The smallest absolute Gasteiger partial charge is 0.261 e. The maximum Gasteiger partial charge on any atom is 0.261 e. The van der Waals surface area contributed by atoms with Crippen LogP contribution in [0.2, 0.25) is 0 Å². The Morgan fingerprint density at radius 1 is 0.439 bits per heavy atom. The van der Waals surface area contributed by atoms with Gasteiger partial charge >= 0.3 is 0 Å². The van der Waals surface area contributed by atoms with E-state index in [2.05, 4.69) is 238 Å². The van der Waals surface area contributed by atoms with Gasteiger partial charge in [-0.3, -0.25) is 0 Å². The monoisotopic (exact) mass is 853 g/mol. The molecule has 0 N–H and O–H groups in total. The van der Waals surface area contributed by atoms with Crippen LogP contribution in [0, 0.1) is 41.5 Å². The molecular formula is C60H48BN3O2. The predicted octanol–water partition coefficient (Wildman–Crippen LogP) is 14.8. The molecule has 0 fully saturated rings. The second kappa shape index (κ2) is 15.3. The Balaban J connectivity index is 1.18. The summed E-state index contributed by atoms with van der Waals surface area (Å²) in [7, 11) is 0. The van der Waals surface area contributed by atoms with E-state index in [1.807, 2.05) is 0 Å². The molecular weight excluding hydrogens is 805 g/mol. The van der Waals surface area contributed by atoms with Gasteiger partial charge in [0.1, 0.15) is 22.7 Å². The van der Waals surface area contributed by atoms with Gasteiger partial charge in [0.05, 0.1) is 11.1 Å². The van der Waals surface area contributed by atoms with Crippen LogP contribution in [0.25, 0.3) is 21.9 Å². The molecule has 0 spiro atoms. The van der Waals surface area contributed by atoms with Crippen molar-refractivity contribution >= 4 is 96.2 Å². The van der Waals surface area contributed by atoms with Gasteiger partial charge in [-0.1, -0.05) is 114 Å². The van der Waals surface area contributed by atoms with Gasteiger partial charge in [-0.25, -0.2) is 0 Å². The van der Waals surface area contributed by atoms with E-state index < -0.39 is 0 Å². The molecule has 0 saturated heterocycles. The molecule has 2 aliphatic heterocycles. The maximum absolute atomic E-state index is 7.31. The van der Waals surface area contributed by atoms with E-state index in [0.717, 1.165) is 107 Å². The number of hydrogen-bond donors (Lipinski definition) is 0. The molecule has 0 amide bonds. The minimum Gasteiger partial charge on any atom is -0.458 e. The molecule has 0 atom stereocenters. The fraction of sp³-hybridized carbons (Fsp3) is 0.100. The minimum absolute atomic E-state index is 0.209.